The smallest absolute Gasteiger partial charge is 0.0522 e. The van der Waals surface area contributed by atoms with Crippen molar-refractivity contribution in [2.24, 2.45) is 0 Å². The van der Waals surface area contributed by atoms with Crippen LogP contribution in [0.15, 0.2) is 12.4 Å². The second-order valence-electron chi connectivity index (χ2n) is 2.11. The molecule has 1 rings (SSSR count). The van der Waals surface area contributed by atoms with Crippen molar-refractivity contribution in [3.05, 3.63) is 18.0 Å². The third kappa shape index (κ3) is 2.04. The highest BCUT2D eigenvalue weighted by atomic mass is 32.2. The van der Waals surface area contributed by atoms with Crippen molar-refractivity contribution in [3.63, 3.8) is 0 Å². The quantitative estimate of drug-likeness (QED) is 0.676. The van der Waals surface area contributed by atoms with Crippen molar-refractivity contribution in [2.45, 2.75) is 13.5 Å². The Bertz CT molecular complexity index is 199. The molecule has 0 amide bonds. The van der Waals surface area contributed by atoms with E-state index >= 15 is 0 Å². The van der Waals surface area contributed by atoms with Crippen molar-refractivity contribution in [3.8, 4) is 0 Å². The molecule has 1 aromatic rings. The first kappa shape index (κ1) is 7.63. The van der Waals surface area contributed by atoms with Gasteiger partial charge in [-0.3, -0.25) is 4.68 Å². The highest BCUT2D eigenvalue weighted by molar-refractivity contribution is 7.93. The minimum Gasteiger partial charge on any atom is -0.330 e. The van der Waals surface area contributed by atoms with Crippen molar-refractivity contribution in [2.75, 3.05) is 5.75 Å². The summed E-state index contributed by atoms with van der Waals surface area (Å²) in [5, 5.41) is 4.05. The molecule has 0 fully saturated rings. The molecule has 0 aliphatic rings. The number of hydrogen-bond donors (Lipinski definition) is 1. The second-order valence-corrected chi connectivity index (χ2v) is 2.78. The van der Waals surface area contributed by atoms with Crippen LogP contribution in [0.25, 0.3) is 0 Å². The third-order valence-corrected chi connectivity index (χ3v) is 1.54. The summed E-state index contributed by atoms with van der Waals surface area (Å²) in [6.45, 7) is 2.77. The van der Waals surface area contributed by atoms with Crippen LogP contribution >= 0.6 is 12.0 Å². The van der Waals surface area contributed by atoms with Gasteiger partial charge in [0.1, 0.15) is 0 Å². The number of rotatable bonds is 3. The molecule has 1 N–H and O–H groups in total. The lowest BCUT2D eigenvalue weighted by Gasteiger charge is -1.95. The Morgan fingerprint density at radius 1 is 1.80 bits per heavy atom. The molecule has 0 saturated carbocycles. The predicted octanol–water partition coefficient (Wildman–Crippen LogP) is 1.40. The maximum Gasteiger partial charge on any atom is 0.0522 e. The molecule has 0 aliphatic heterocycles. The zero-order chi connectivity index (χ0) is 7.40. The van der Waals surface area contributed by atoms with Crippen molar-refractivity contribution < 1.29 is 4.55 Å². The molecule has 0 unspecified atom stereocenters. The van der Waals surface area contributed by atoms with E-state index in [0.29, 0.717) is 5.75 Å². The van der Waals surface area contributed by atoms with Crippen LogP contribution in [0.4, 0.5) is 0 Å². The average Bonchev–Trinajstić information content (AvgIpc) is 2.31. The van der Waals surface area contributed by atoms with E-state index in [2.05, 4.69) is 5.10 Å². The predicted molar refractivity (Wildman–Crippen MR) is 42.1 cm³/mol. The Morgan fingerprint density at radius 2 is 2.60 bits per heavy atom. The molecular formula is C6H10N2OS. The Hall–Kier alpha value is -0.480. The molecule has 4 heteroatoms. The Balaban J connectivity index is 2.42. The normalized spacial score (nSPS) is 10.2. The molecule has 10 heavy (non-hydrogen) atoms. The van der Waals surface area contributed by atoms with Gasteiger partial charge in [-0.1, -0.05) is 0 Å². The van der Waals surface area contributed by atoms with Gasteiger partial charge in [-0.2, -0.15) is 5.10 Å². The molecule has 0 spiro atoms. The first-order valence-corrected chi connectivity index (χ1v) is 4.02. The SMILES string of the molecule is Cc1cnn(CCSO)c1. The summed E-state index contributed by atoms with van der Waals surface area (Å²) in [6.07, 6.45) is 3.76. The van der Waals surface area contributed by atoms with Crippen molar-refractivity contribution in [1.82, 2.24) is 9.78 Å². The van der Waals surface area contributed by atoms with Gasteiger partial charge in [0, 0.05) is 11.9 Å². The van der Waals surface area contributed by atoms with E-state index in [1.54, 1.807) is 0 Å². The van der Waals surface area contributed by atoms with Crippen LogP contribution in [0.3, 0.4) is 0 Å². The summed E-state index contributed by atoms with van der Waals surface area (Å²) in [4.78, 5) is 0. The first-order chi connectivity index (χ1) is 4.83. The fourth-order valence-corrected chi connectivity index (χ4v) is 0.992. The van der Waals surface area contributed by atoms with Gasteiger partial charge in [-0.15, -0.1) is 0 Å². The van der Waals surface area contributed by atoms with Gasteiger partial charge in [0.15, 0.2) is 0 Å². The molecule has 0 atom stereocenters. The van der Waals surface area contributed by atoms with E-state index in [4.69, 9.17) is 4.55 Å². The van der Waals surface area contributed by atoms with Gasteiger partial charge >= 0.3 is 0 Å². The van der Waals surface area contributed by atoms with Crippen molar-refractivity contribution in [1.29, 1.82) is 0 Å². The standard InChI is InChI=1S/C6H10N2OS/c1-6-4-7-8(5-6)2-3-10-9/h4-5,9H,2-3H2,1H3. The summed E-state index contributed by atoms with van der Waals surface area (Å²) in [7, 11) is 0. The summed E-state index contributed by atoms with van der Waals surface area (Å²) < 4.78 is 10.2. The van der Waals surface area contributed by atoms with E-state index in [1.807, 2.05) is 24.0 Å². The van der Waals surface area contributed by atoms with E-state index in [1.165, 1.54) is 0 Å². The first-order valence-electron chi connectivity index (χ1n) is 3.08. The van der Waals surface area contributed by atoms with E-state index < -0.39 is 0 Å². The van der Waals surface area contributed by atoms with Crippen LogP contribution in [0.5, 0.6) is 0 Å². The highest BCUT2D eigenvalue weighted by Crippen LogP contribution is 1.97. The maximum atomic E-state index is 8.41. The summed E-state index contributed by atoms with van der Waals surface area (Å²) in [6, 6.07) is 0. The van der Waals surface area contributed by atoms with Gasteiger partial charge in [-0.05, 0) is 24.5 Å². The summed E-state index contributed by atoms with van der Waals surface area (Å²) in [5.74, 6) is 0.696. The third-order valence-electron chi connectivity index (χ3n) is 1.17. The van der Waals surface area contributed by atoms with E-state index in [-0.39, 0.29) is 0 Å². The summed E-state index contributed by atoms with van der Waals surface area (Å²) >= 11 is 0.845. The maximum absolute atomic E-state index is 8.41. The minimum absolute atomic E-state index is 0.696. The Labute approximate surface area is 64.3 Å². The van der Waals surface area contributed by atoms with Crippen LogP contribution in [0, 0.1) is 6.92 Å². The fourth-order valence-electron chi connectivity index (χ4n) is 0.724. The molecule has 0 radical (unpaired) electrons. The van der Waals surface area contributed by atoms with Crippen LogP contribution in [0.1, 0.15) is 5.56 Å². The monoisotopic (exact) mass is 158 g/mol. The zero-order valence-electron chi connectivity index (χ0n) is 5.82. The van der Waals surface area contributed by atoms with Crippen molar-refractivity contribution >= 4 is 12.0 Å². The number of hydrogen-bond acceptors (Lipinski definition) is 3. The molecule has 0 aromatic carbocycles. The topological polar surface area (TPSA) is 38.0 Å². The van der Waals surface area contributed by atoms with E-state index in [9.17, 15) is 0 Å². The average molecular weight is 158 g/mol. The molecule has 56 valence electrons. The largest absolute Gasteiger partial charge is 0.330 e. The lowest BCUT2D eigenvalue weighted by atomic mass is 10.4. The molecule has 0 aliphatic carbocycles. The molecular weight excluding hydrogens is 148 g/mol. The molecule has 0 bridgehead atoms. The summed E-state index contributed by atoms with van der Waals surface area (Å²) in [5.41, 5.74) is 1.16. The van der Waals surface area contributed by atoms with Gasteiger partial charge in [0.25, 0.3) is 0 Å². The lowest BCUT2D eigenvalue weighted by Crippen LogP contribution is -1.99. The molecule has 0 saturated heterocycles. The van der Waals surface area contributed by atoms with Crippen LogP contribution in [0.2, 0.25) is 0 Å². The van der Waals surface area contributed by atoms with Crippen LogP contribution in [-0.2, 0) is 6.54 Å². The molecule has 1 aromatic heterocycles. The Kier molecular flexibility index (Phi) is 2.77. The zero-order valence-corrected chi connectivity index (χ0v) is 6.64. The second kappa shape index (κ2) is 3.63. The van der Waals surface area contributed by atoms with Gasteiger partial charge in [0.2, 0.25) is 0 Å². The Morgan fingerprint density at radius 3 is 3.10 bits per heavy atom. The van der Waals surface area contributed by atoms with Gasteiger partial charge in [0.05, 0.1) is 12.7 Å². The van der Waals surface area contributed by atoms with Gasteiger partial charge in [-0.25, -0.2) is 0 Å². The lowest BCUT2D eigenvalue weighted by molar-refractivity contribution is 0.630. The van der Waals surface area contributed by atoms with Gasteiger partial charge < -0.3 is 4.55 Å². The highest BCUT2D eigenvalue weighted by Gasteiger charge is 1.91. The molecule has 1 heterocycles. The van der Waals surface area contributed by atoms with Crippen LogP contribution < -0.4 is 0 Å². The number of aryl methyl sites for hydroxylation is 2. The van der Waals surface area contributed by atoms with E-state index in [0.717, 1.165) is 24.2 Å². The molecule has 3 nitrogen and oxygen atoms in total. The number of aromatic nitrogens is 2. The van der Waals surface area contributed by atoms with Crippen LogP contribution in [-0.4, -0.2) is 20.1 Å². The minimum atomic E-state index is 0.696. The fraction of sp³-hybridized carbons (Fsp3) is 0.500. The number of nitrogens with zero attached hydrogens (tertiary/aromatic N) is 2.